The van der Waals surface area contributed by atoms with Crippen molar-refractivity contribution in [1.29, 1.82) is 0 Å². The molecule has 0 unspecified atom stereocenters. The van der Waals surface area contributed by atoms with Gasteiger partial charge in [0.2, 0.25) is 5.91 Å². The summed E-state index contributed by atoms with van der Waals surface area (Å²) < 4.78 is 11.1. The number of aromatic nitrogens is 1. The first-order chi connectivity index (χ1) is 16.2. The Morgan fingerprint density at radius 1 is 1.12 bits per heavy atom. The van der Waals surface area contributed by atoms with Crippen LogP contribution in [0.3, 0.4) is 0 Å². The molecule has 1 amide bonds. The Kier molecular flexibility index (Phi) is 8.72. The number of pyridine rings is 1. The van der Waals surface area contributed by atoms with E-state index in [4.69, 9.17) is 14.5 Å². The fourth-order valence-electron chi connectivity index (χ4n) is 4.84. The lowest BCUT2D eigenvalue weighted by molar-refractivity contribution is -0.120. The summed E-state index contributed by atoms with van der Waals surface area (Å²) in [6, 6.07) is 12.3. The quantitative estimate of drug-likeness (QED) is 0.586. The van der Waals surface area contributed by atoms with Crippen LogP contribution in [0.25, 0.3) is 11.1 Å². The molecule has 33 heavy (non-hydrogen) atoms. The zero-order valence-electron chi connectivity index (χ0n) is 19.9. The average Bonchev–Trinajstić information content (AvgIpc) is 3.34. The Labute approximate surface area is 197 Å². The molecule has 1 aromatic carbocycles. The highest BCUT2D eigenvalue weighted by atomic mass is 16.5. The van der Waals surface area contributed by atoms with E-state index >= 15 is 0 Å². The molecule has 0 atom stereocenters. The lowest BCUT2D eigenvalue weighted by atomic mass is 10.0. The monoisotopic (exact) mass is 451 g/mol. The van der Waals surface area contributed by atoms with Crippen molar-refractivity contribution in [1.82, 2.24) is 15.2 Å². The summed E-state index contributed by atoms with van der Waals surface area (Å²) in [6.45, 7) is 7.47. The van der Waals surface area contributed by atoms with Gasteiger partial charge in [-0.25, -0.2) is 0 Å². The molecule has 6 nitrogen and oxygen atoms in total. The number of nitrogens with one attached hydrogen (secondary N) is 1. The van der Waals surface area contributed by atoms with Gasteiger partial charge in [0.15, 0.2) is 0 Å². The number of morpholine rings is 1. The summed E-state index contributed by atoms with van der Waals surface area (Å²) in [4.78, 5) is 19.9. The van der Waals surface area contributed by atoms with Crippen LogP contribution in [0.2, 0.25) is 0 Å². The van der Waals surface area contributed by atoms with Crippen LogP contribution in [0.5, 0.6) is 5.75 Å². The maximum atomic E-state index is 12.5. The Balaban J connectivity index is 1.44. The second-order valence-corrected chi connectivity index (χ2v) is 9.11. The smallest absolute Gasteiger partial charge is 0.226 e. The van der Waals surface area contributed by atoms with Crippen molar-refractivity contribution in [2.24, 2.45) is 5.92 Å². The standard InChI is InChI=1S/C27H37N3O3/c1-2-33-24-10-7-22(8-11-24)25-12-9-23(29-26(25)20-30-15-17-32-18-16-30)19-27(31)28-14-13-21-5-3-4-6-21/h7-12,21H,2-6,13-20H2,1H3,(H,28,31). The fraction of sp³-hybridized carbons (Fsp3) is 0.556. The summed E-state index contributed by atoms with van der Waals surface area (Å²) in [5.41, 5.74) is 4.06. The van der Waals surface area contributed by atoms with Gasteiger partial charge >= 0.3 is 0 Å². The highest BCUT2D eigenvalue weighted by Crippen LogP contribution is 2.28. The van der Waals surface area contributed by atoms with Gasteiger partial charge in [-0.05, 0) is 43.0 Å². The topological polar surface area (TPSA) is 63.7 Å². The maximum Gasteiger partial charge on any atom is 0.226 e. The molecule has 2 heterocycles. The van der Waals surface area contributed by atoms with E-state index in [-0.39, 0.29) is 5.91 Å². The molecule has 1 saturated carbocycles. The van der Waals surface area contributed by atoms with Gasteiger partial charge in [0, 0.05) is 31.7 Å². The molecule has 6 heteroatoms. The van der Waals surface area contributed by atoms with Crippen molar-refractivity contribution in [2.45, 2.75) is 52.0 Å². The van der Waals surface area contributed by atoms with Crippen LogP contribution in [0, 0.1) is 5.92 Å². The van der Waals surface area contributed by atoms with Crippen molar-refractivity contribution in [3.05, 3.63) is 47.8 Å². The average molecular weight is 452 g/mol. The van der Waals surface area contributed by atoms with Crippen molar-refractivity contribution in [3.63, 3.8) is 0 Å². The summed E-state index contributed by atoms with van der Waals surface area (Å²) >= 11 is 0. The summed E-state index contributed by atoms with van der Waals surface area (Å²) in [5, 5.41) is 3.10. The van der Waals surface area contributed by atoms with Crippen molar-refractivity contribution in [2.75, 3.05) is 39.5 Å². The number of ether oxygens (including phenoxy) is 2. The minimum Gasteiger partial charge on any atom is -0.494 e. The zero-order chi connectivity index (χ0) is 22.9. The van der Waals surface area contributed by atoms with Gasteiger partial charge in [0.25, 0.3) is 0 Å². The van der Waals surface area contributed by atoms with E-state index < -0.39 is 0 Å². The predicted molar refractivity (Wildman–Crippen MR) is 130 cm³/mol. The van der Waals surface area contributed by atoms with Gasteiger partial charge in [-0.2, -0.15) is 0 Å². The number of rotatable bonds is 10. The number of benzene rings is 1. The predicted octanol–water partition coefficient (Wildman–Crippen LogP) is 4.22. The van der Waals surface area contributed by atoms with Crippen molar-refractivity contribution in [3.8, 4) is 16.9 Å². The highest BCUT2D eigenvalue weighted by molar-refractivity contribution is 5.78. The number of amides is 1. The van der Waals surface area contributed by atoms with Crippen LogP contribution in [0.1, 0.15) is 50.4 Å². The molecule has 0 bridgehead atoms. The summed E-state index contributed by atoms with van der Waals surface area (Å²) in [7, 11) is 0. The Morgan fingerprint density at radius 2 is 1.88 bits per heavy atom. The molecule has 1 aliphatic heterocycles. The molecule has 1 N–H and O–H groups in total. The van der Waals surface area contributed by atoms with Crippen molar-refractivity contribution < 1.29 is 14.3 Å². The van der Waals surface area contributed by atoms with Gasteiger partial charge in [-0.15, -0.1) is 0 Å². The number of carbonyl (C=O) groups excluding carboxylic acids is 1. The molecule has 1 aromatic heterocycles. The minimum absolute atomic E-state index is 0.0617. The van der Waals surface area contributed by atoms with Gasteiger partial charge in [-0.3, -0.25) is 14.7 Å². The number of hydrogen-bond donors (Lipinski definition) is 1. The second-order valence-electron chi connectivity index (χ2n) is 9.11. The molecule has 2 aromatic rings. The van der Waals surface area contributed by atoms with Gasteiger partial charge < -0.3 is 14.8 Å². The molecule has 1 aliphatic carbocycles. The lowest BCUT2D eigenvalue weighted by Crippen LogP contribution is -2.36. The fourth-order valence-corrected chi connectivity index (χ4v) is 4.84. The third-order valence-corrected chi connectivity index (χ3v) is 6.68. The van der Waals surface area contributed by atoms with E-state index in [2.05, 4.69) is 28.4 Å². The highest BCUT2D eigenvalue weighted by Gasteiger charge is 2.17. The van der Waals surface area contributed by atoms with E-state index in [1.165, 1.54) is 25.7 Å². The van der Waals surface area contributed by atoms with Crippen LogP contribution < -0.4 is 10.1 Å². The minimum atomic E-state index is 0.0617. The molecule has 2 fully saturated rings. The SMILES string of the molecule is CCOc1ccc(-c2ccc(CC(=O)NCCC3CCCC3)nc2CN2CCOCC2)cc1. The molecule has 4 rings (SSSR count). The Morgan fingerprint density at radius 3 is 2.61 bits per heavy atom. The van der Waals surface area contributed by atoms with Crippen LogP contribution in [-0.2, 0) is 22.5 Å². The summed E-state index contributed by atoms with van der Waals surface area (Å²) in [5.74, 6) is 1.72. The number of nitrogens with zero attached hydrogens (tertiary/aromatic N) is 2. The Hall–Kier alpha value is -2.44. The van der Waals surface area contributed by atoms with E-state index in [0.717, 1.165) is 80.0 Å². The first kappa shape index (κ1) is 23.7. The van der Waals surface area contributed by atoms with E-state index in [1.807, 2.05) is 25.1 Å². The lowest BCUT2D eigenvalue weighted by Gasteiger charge is -2.27. The van der Waals surface area contributed by atoms with E-state index in [0.29, 0.717) is 13.0 Å². The van der Waals surface area contributed by atoms with Gasteiger partial charge in [0.1, 0.15) is 5.75 Å². The van der Waals surface area contributed by atoms with Gasteiger partial charge in [-0.1, -0.05) is 43.9 Å². The first-order valence-electron chi connectivity index (χ1n) is 12.5. The zero-order valence-corrected chi connectivity index (χ0v) is 19.9. The van der Waals surface area contributed by atoms with E-state index in [1.54, 1.807) is 0 Å². The molecular weight excluding hydrogens is 414 g/mol. The molecule has 2 aliphatic rings. The largest absolute Gasteiger partial charge is 0.494 e. The first-order valence-corrected chi connectivity index (χ1v) is 12.5. The molecule has 1 saturated heterocycles. The van der Waals surface area contributed by atoms with Crippen LogP contribution in [-0.4, -0.2) is 55.2 Å². The van der Waals surface area contributed by atoms with Crippen LogP contribution in [0.15, 0.2) is 36.4 Å². The molecule has 178 valence electrons. The summed E-state index contributed by atoms with van der Waals surface area (Å²) in [6.07, 6.45) is 6.73. The van der Waals surface area contributed by atoms with Crippen LogP contribution in [0.4, 0.5) is 0 Å². The maximum absolute atomic E-state index is 12.5. The van der Waals surface area contributed by atoms with E-state index in [9.17, 15) is 4.79 Å². The second kappa shape index (κ2) is 12.1. The third-order valence-electron chi connectivity index (χ3n) is 6.68. The number of hydrogen-bond acceptors (Lipinski definition) is 5. The Bertz CT molecular complexity index is 888. The third kappa shape index (κ3) is 7.02. The van der Waals surface area contributed by atoms with Crippen molar-refractivity contribution >= 4 is 5.91 Å². The number of carbonyl (C=O) groups is 1. The normalized spacial score (nSPS) is 17.2. The van der Waals surface area contributed by atoms with Gasteiger partial charge in [0.05, 0.1) is 37.6 Å². The van der Waals surface area contributed by atoms with Crippen LogP contribution >= 0.6 is 0 Å². The molecular formula is C27H37N3O3. The molecule has 0 radical (unpaired) electrons. The molecule has 0 spiro atoms.